The molecule has 0 saturated carbocycles. The zero-order valence-corrected chi connectivity index (χ0v) is 16.1. The van der Waals surface area contributed by atoms with Gasteiger partial charge in [-0.1, -0.05) is 36.4 Å². The third kappa shape index (κ3) is 2.32. The molecule has 1 heterocycles. The fourth-order valence-corrected chi connectivity index (χ4v) is 4.25. The van der Waals surface area contributed by atoms with Crippen LogP contribution in [0.25, 0.3) is 43.5 Å². The first-order valence-electron chi connectivity index (χ1n) is 9.53. The summed E-state index contributed by atoms with van der Waals surface area (Å²) in [6.07, 6.45) is 0. The molecule has 0 N–H and O–H groups in total. The molecule has 1 aromatic heterocycles. The van der Waals surface area contributed by atoms with Crippen LogP contribution >= 0.6 is 0 Å². The van der Waals surface area contributed by atoms with E-state index in [9.17, 15) is 4.79 Å². The van der Waals surface area contributed by atoms with E-state index >= 15 is 0 Å². The Kier molecular flexibility index (Phi) is 3.66. The Labute approximate surface area is 162 Å². The fraction of sp³-hybridized carbons (Fsp3) is 0.160. The maximum Gasteiger partial charge on any atom is 0.338 e. The molecule has 0 saturated heterocycles. The minimum atomic E-state index is -0.300. The largest absolute Gasteiger partial charge is 0.462 e. The molecule has 0 unspecified atom stereocenters. The van der Waals surface area contributed by atoms with E-state index in [2.05, 4.69) is 38.1 Å². The van der Waals surface area contributed by atoms with Crippen molar-refractivity contribution in [3.8, 4) is 0 Å². The number of benzene rings is 4. The van der Waals surface area contributed by atoms with Gasteiger partial charge in [-0.25, -0.2) is 4.79 Å². The number of rotatable bonds is 2. The van der Waals surface area contributed by atoms with Gasteiger partial charge in [-0.3, -0.25) is 0 Å². The van der Waals surface area contributed by atoms with Crippen molar-refractivity contribution >= 4 is 49.5 Å². The SMILES string of the molecule is CCOC(=O)c1ccc2c3ccccc3c3oc4c(C)cc(C)cc4c3c2c1. The van der Waals surface area contributed by atoms with Gasteiger partial charge in [-0.2, -0.15) is 0 Å². The molecule has 0 atom stereocenters. The number of esters is 1. The molecule has 0 radical (unpaired) electrons. The first kappa shape index (κ1) is 16.8. The molecule has 4 aromatic carbocycles. The Morgan fingerprint density at radius 1 is 0.857 bits per heavy atom. The summed E-state index contributed by atoms with van der Waals surface area (Å²) >= 11 is 0. The molecule has 0 aliphatic heterocycles. The van der Waals surface area contributed by atoms with Gasteiger partial charge in [0.2, 0.25) is 0 Å². The summed E-state index contributed by atoms with van der Waals surface area (Å²) in [5, 5.41) is 6.47. The number of hydrogen-bond acceptors (Lipinski definition) is 3. The van der Waals surface area contributed by atoms with E-state index in [0.29, 0.717) is 12.2 Å². The summed E-state index contributed by atoms with van der Waals surface area (Å²) in [5.74, 6) is -0.300. The van der Waals surface area contributed by atoms with Crippen LogP contribution in [0.2, 0.25) is 0 Å². The number of carbonyl (C=O) groups excluding carboxylic acids is 1. The van der Waals surface area contributed by atoms with Crippen LogP contribution in [0.15, 0.2) is 59.0 Å². The Bertz CT molecular complexity index is 1410. The van der Waals surface area contributed by atoms with Crippen molar-refractivity contribution in [2.75, 3.05) is 6.61 Å². The second-order valence-corrected chi connectivity index (χ2v) is 7.29. The number of carbonyl (C=O) groups is 1. The minimum absolute atomic E-state index is 0.300. The lowest BCUT2D eigenvalue weighted by Gasteiger charge is -2.08. The quantitative estimate of drug-likeness (QED) is 0.257. The fourth-order valence-electron chi connectivity index (χ4n) is 4.25. The number of furan rings is 1. The van der Waals surface area contributed by atoms with Crippen LogP contribution in [0.3, 0.4) is 0 Å². The summed E-state index contributed by atoms with van der Waals surface area (Å²) in [7, 11) is 0. The van der Waals surface area contributed by atoms with E-state index in [1.807, 2.05) is 37.3 Å². The van der Waals surface area contributed by atoms with Crippen molar-refractivity contribution in [2.45, 2.75) is 20.8 Å². The minimum Gasteiger partial charge on any atom is -0.462 e. The third-order valence-electron chi connectivity index (χ3n) is 5.38. The number of fused-ring (bicyclic) bond motifs is 8. The summed E-state index contributed by atoms with van der Waals surface area (Å²) in [6.45, 7) is 6.35. The van der Waals surface area contributed by atoms with Gasteiger partial charge in [0.25, 0.3) is 0 Å². The summed E-state index contributed by atoms with van der Waals surface area (Å²) in [5.41, 5.74) is 4.64. The molecular weight excluding hydrogens is 348 g/mol. The molecule has 0 fully saturated rings. The van der Waals surface area contributed by atoms with Crippen molar-refractivity contribution in [2.24, 2.45) is 0 Å². The summed E-state index contributed by atoms with van der Waals surface area (Å²) < 4.78 is 11.6. The smallest absolute Gasteiger partial charge is 0.338 e. The Balaban J connectivity index is 2.03. The maximum atomic E-state index is 12.4. The second kappa shape index (κ2) is 6.10. The zero-order valence-electron chi connectivity index (χ0n) is 16.1. The van der Waals surface area contributed by atoms with E-state index in [-0.39, 0.29) is 5.97 Å². The molecule has 0 bridgehead atoms. The van der Waals surface area contributed by atoms with E-state index in [1.54, 1.807) is 0 Å². The molecule has 0 spiro atoms. The van der Waals surface area contributed by atoms with E-state index in [4.69, 9.17) is 9.15 Å². The predicted octanol–water partition coefficient (Wildman–Crippen LogP) is 6.69. The molecule has 138 valence electrons. The first-order chi connectivity index (χ1) is 13.6. The highest BCUT2D eigenvalue weighted by molar-refractivity contribution is 6.30. The molecule has 5 rings (SSSR count). The zero-order chi connectivity index (χ0) is 19.4. The maximum absolute atomic E-state index is 12.4. The van der Waals surface area contributed by atoms with Gasteiger partial charge in [-0.05, 0) is 66.3 Å². The van der Waals surface area contributed by atoms with Crippen molar-refractivity contribution in [1.29, 1.82) is 0 Å². The van der Waals surface area contributed by atoms with Crippen molar-refractivity contribution < 1.29 is 13.9 Å². The van der Waals surface area contributed by atoms with Gasteiger partial charge >= 0.3 is 5.97 Å². The van der Waals surface area contributed by atoms with E-state index in [0.717, 1.165) is 49.0 Å². The van der Waals surface area contributed by atoms with Gasteiger partial charge in [0.05, 0.1) is 12.2 Å². The third-order valence-corrected chi connectivity index (χ3v) is 5.38. The van der Waals surface area contributed by atoms with Crippen molar-refractivity contribution in [1.82, 2.24) is 0 Å². The van der Waals surface area contributed by atoms with Gasteiger partial charge in [0, 0.05) is 16.2 Å². The van der Waals surface area contributed by atoms with Gasteiger partial charge in [0.15, 0.2) is 0 Å². The normalized spacial score (nSPS) is 11.7. The van der Waals surface area contributed by atoms with Gasteiger partial charge < -0.3 is 9.15 Å². The van der Waals surface area contributed by atoms with Crippen LogP contribution in [0, 0.1) is 13.8 Å². The summed E-state index contributed by atoms with van der Waals surface area (Å²) in [4.78, 5) is 12.4. The van der Waals surface area contributed by atoms with Gasteiger partial charge in [0.1, 0.15) is 11.2 Å². The topological polar surface area (TPSA) is 39.4 Å². The Morgan fingerprint density at radius 3 is 2.39 bits per heavy atom. The van der Waals surface area contributed by atoms with Crippen LogP contribution in [0.4, 0.5) is 0 Å². The monoisotopic (exact) mass is 368 g/mol. The molecule has 5 aromatic rings. The molecule has 0 aliphatic carbocycles. The van der Waals surface area contributed by atoms with Crippen molar-refractivity contribution in [3.05, 3.63) is 71.3 Å². The summed E-state index contributed by atoms with van der Waals surface area (Å²) in [6, 6.07) is 18.4. The van der Waals surface area contributed by atoms with Crippen LogP contribution in [0.5, 0.6) is 0 Å². The average Bonchev–Trinajstić information content (AvgIpc) is 3.08. The first-order valence-corrected chi connectivity index (χ1v) is 9.53. The lowest BCUT2D eigenvalue weighted by Crippen LogP contribution is -2.04. The average molecular weight is 368 g/mol. The molecule has 28 heavy (non-hydrogen) atoms. The highest BCUT2D eigenvalue weighted by atomic mass is 16.5. The Hall–Kier alpha value is -3.33. The molecule has 0 amide bonds. The number of aryl methyl sites for hydroxylation is 2. The van der Waals surface area contributed by atoms with Crippen LogP contribution in [-0.2, 0) is 4.74 Å². The molecule has 0 aliphatic rings. The number of ether oxygens (including phenoxy) is 1. The van der Waals surface area contributed by atoms with Crippen LogP contribution < -0.4 is 0 Å². The van der Waals surface area contributed by atoms with Crippen molar-refractivity contribution in [3.63, 3.8) is 0 Å². The lowest BCUT2D eigenvalue weighted by molar-refractivity contribution is 0.0526. The van der Waals surface area contributed by atoms with Crippen LogP contribution in [-0.4, -0.2) is 12.6 Å². The molecule has 3 nitrogen and oxygen atoms in total. The second-order valence-electron chi connectivity index (χ2n) is 7.29. The lowest BCUT2D eigenvalue weighted by atomic mass is 9.95. The molecular formula is C25H20O3. The predicted molar refractivity (Wildman–Crippen MR) is 114 cm³/mol. The standard InChI is InChI=1S/C25H20O3/c1-4-27-25(26)16-9-10-18-17-7-5-6-8-19(17)24-22(20(18)13-16)21-12-14(2)11-15(3)23(21)28-24/h5-13H,4H2,1-3H3. The number of hydrogen-bond donors (Lipinski definition) is 0. The highest BCUT2D eigenvalue weighted by Gasteiger charge is 2.18. The Morgan fingerprint density at radius 2 is 1.61 bits per heavy atom. The van der Waals surface area contributed by atoms with Gasteiger partial charge in [-0.15, -0.1) is 0 Å². The molecule has 3 heteroatoms. The highest BCUT2D eigenvalue weighted by Crippen LogP contribution is 2.42. The van der Waals surface area contributed by atoms with Crippen LogP contribution in [0.1, 0.15) is 28.4 Å². The van der Waals surface area contributed by atoms with E-state index in [1.165, 1.54) is 5.56 Å². The van der Waals surface area contributed by atoms with E-state index < -0.39 is 0 Å².